The molecule has 0 aromatic heterocycles. The molecule has 45 valence electrons. The monoisotopic (exact) mass is 129 g/mol. The van der Waals surface area contributed by atoms with Crippen LogP contribution < -0.4 is 0 Å². The SMILES string of the molecule is O[CH]C[SH]1C=CC=C1. The Bertz CT molecular complexity index is 106. The maximum Gasteiger partial charge on any atom is 0.0885 e. The number of allylic oxidation sites excluding steroid dienone is 2. The number of rotatable bonds is 2. The third-order valence-corrected chi connectivity index (χ3v) is 2.65. The number of aliphatic hydroxyl groups excluding tert-OH is 1. The summed E-state index contributed by atoms with van der Waals surface area (Å²) >= 11 is 0. The number of aliphatic hydroxyl groups is 1. The van der Waals surface area contributed by atoms with E-state index in [-0.39, 0.29) is 10.9 Å². The van der Waals surface area contributed by atoms with Crippen molar-refractivity contribution in [3.63, 3.8) is 0 Å². The zero-order valence-electron chi connectivity index (χ0n) is 4.49. The van der Waals surface area contributed by atoms with Gasteiger partial charge in [0.15, 0.2) is 0 Å². The predicted molar refractivity (Wildman–Crippen MR) is 38.4 cm³/mol. The lowest BCUT2D eigenvalue weighted by Crippen LogP contribution is -1.79. The van der Waals surface area contributed by atoms with Crippen molar-refractivity contribution < 1.29 is 5.11 Å². The van der Waals surface area contributed by atoms with Crippen LogP contribution in [0.25, 0.3) is 0 Å². The molecule has 1 rings (SSSR count). The fourth-order valence-electron chi connectivity index (χ4n) is 0.586. The topological polar surface area (TPSA) is 20.2 Å². The third-order valence-electron chi connectivity index (χ3n) is 0.959. The Hall–Kier alpha value is -0.210. The minimum absolute atomic E-state index is 0.112. The first-order valence-corrected chi connectivity index (χ1v) is 4.16. The molecule has 8 heavy (non-hydrogen) atoms. The van der Waals surface area contributed by atoms with E-state index in [4.69, 9.17) is 5.11 Å². The Morgan fingerprint density at radius 3 is 2.50 bits per heavy atom. The highest BCUT2D eigenvalue weighted by molar-refractivity contribution is 8.22. The van der Waals surface area contributed by atoms with Crippen LogP contribution in [0, 0.1) is 6.61 Å². The maximum absolute atomic E-state index is 8.35. The van der Waals surface area contributed by atoms with E-state index >= 15 is 0 Å². The molecule has 0 aliphatic carbocycles. The lowest BCUT2D eigenvalue weighted by molar-refractivity contribution is 0.405. The lowest BCUT2D eigenvalue weighted by Gasteiger charge is -2.03. The summed E-state index contributed by atoms with van der Waals surface area (Å²) in [7, 11) is -0.112. The molecule has 0 amide bonds. The molecule has 0 aromatic rings. The van der Waals surface area contributed by atoms with E-state index in [0.29, 0.717) is 0 Å². The van der Waals surface area contributed by atoms with E-state index in [1.165, 1.54) is 6.61 Å². The predicted octanol–water partition coefficient (Wildman–Crippen LogP) is 1.56. The minimum atomic E-state index is -0.112. The Morgan fingerprint density at radius 1 is 1.38 bits per heavy atom. The van der Waals surface area contributed by atoms with E-state index < -0.39 is 0 Å². The van der Waals surface area contributed by atoms with E-state index in [2.05, 4.69) is 10.8 Å². The molecular weight excluding hydrogens is 120 g/mol. The van der Waals surface area contributed by atoms with Gasteiger partial charge in [-0.05, 0) is 10.8 Å². The highest BCUT2D eigenvalue weighted by atomic mass is 32.2. The summed E-state index contributed by atoms with van der Waals surface area (Å²) in [6, 6.07) is 0. The smallest absolute Gasteiger partial charge is 0.0885 e. The highest BCUT2D eigenvalue weighted by Gasteiger charge is 1.95. The van der Waals surface area contributed by atoms with Crippen LogP contribution >= 0.6 is 10.9 Å². The van der Waals surface area contributed by atoms with E-state index in [1.54, 1.807) is 0 Å². The van der Waals surface area contributed by atoms with Gasteiger partial charge in [0, 0.05) is 5.75 Å². The highest BCUT2D eigenvalue weighted by Crippen LogP contribution is 2.32. The summed E-state index contributed by atoms with van der Waals surface area (Å²) in [5.41, 5.74) is 0. The molecule has 0 atom stereocenters. The molecular formula is C6H9OS. The Labute approximate surface area is 52.1 Å². The molecule has 2 heteroatoms. The van der Waals surface area contributed by atoms with Gasteiger partial charge in [-0.2, -0.15) is 0 Å². The molecule has 0 aromatic carbocycles. The molecule has 0 saturated carbocycles. The van der Waals surface area contributed by atoms with Crippen molar-refractivity contribution >= 4 is 10.9 Å². The Kier molecular flexibility index (Phi) is 2.18. The number of thiol groups is 1. The van der Waals surface area contributed by atoms with Gasteiger partial charge in [-0.25, -0.2) is 10.9 Å². The fraction of sp³-hybridized carbons (Fsp3) is 0.167. The first-order chi connectivity index (χ1) is 3.93. The lowest BCUT2D eigenvalue weighted by atomic mass is 10.6. The van der Waals surface area contributed by atoms with Gasteiger partial charge >= 0.3 is 0 Å². The second kappa shape index (κ2) is 2.95. The van der Waals surface area contributed by atoms with Gasteiger partial charge in [-0.3, -0.25) is 0 Å². The largest absolute Gasteiger partial charge is 0.390 e. The summed E-state index contributed by atoms with van der Waals surface area (Å²) in [6.07, 6.45) is 4.05. The summed E-state index contributed by atoms with van der Waals surface area (Å²) in [4.78, 5) is 0. The van der Waals surface area contributed by atoms with Crippen LogP contribution in [0.2, 0.25) is 0 Å². The molecule has 1 radical (unpaired) electrons. The van der Waals surface area contributed by atoms with Crippen LogP contribution in [0.4, 0.5) is 0 Å². The van der Waals surface area contributed by atoms with Gasteiger partial charge < -0.3 is 5.11 Å². The maximum atomic E-state index is 8.35. The summed E-state index contributed by atoms with van der Waals surface area (Å²) in [5, 5.41) is 12.6. The average Bonchev–Trinajstić information content (AvgIpc) is 2.19. The quantitative estimate of drug-likeness (QED) is 0.542. The first kappa shape index (κ1) is 5.92. The number of hydrogen-bond donors (Lipinski definition) is 2. The van der Waals surface area contributed by atoms with Crippen LogP contribution in [0.15, 0.2) is 23.0 Å². The second-order valence-corrected chi connectivity index (χ2v) is 3.55. The molecule has 1 aliphatic rings. The van der Waals surface area contributed by atoms with Crippen molar-refractivity contribution in [2.24, 2.45) is 0 Å². The van der Waals surface area contributed by atoms with Gasteiger partial charge in [0.2, 0.25) is 0 Å². The van der Waals surface area contributed by atoms with Gasteiger partial charge in [-0.1, -0.05) is 12.2 Å². The molecule has 0 saturated heterocycles. The standard InChI is InChI=1S/C6H9OS/c7-3-6-8-4-1-2-5-8/h1-5,7-8H,6H2. The summed E-state index contributed by atoms with van der Waals surface area (Å²) < 4.78 is 0. The van der Waals surface area contributed by atoms with Crippen LogP contribution in [0.5, 0.6) is 0 Å². The van der Waals surface area contributed by atoms with Crippen LogP contribution in [0.1, 0.15) is 0 Å². The zero-order valence-corrected chi connectivity index (χ0v) is 5.38. The van der Waals surface area contributed by atoms with E-state index in [1.807, 2.05) is 12.2 Å². The van der Waals surface area contributed by atoms with Crippen LogP contribution in [0.3, 0.4) is 0 Å². The Morgan fingerprint density at radius 2 is 2.00 bits per heavy atom. The molecule has 1 nitrogen and oxygen atoms in total. The summed E-state index contributed by atoms with van der Waals surface area (Å²) in [6.45, 7) is 1.23. The number of hydrogen-bond acceptors (Lipinski definition) is 1. The van der Waals surface area contributed by atoms with Crippen LogP contribution in [-0.4, -0.2) is 10.9 Å². The Balaban J connectivity index is 2.27. The van der Waals surface area contributed by atoms with Gasteiger partial charge in [0.05, 0.1) is 6.61 Å². The van der Waals surface area contributed by atoms with Crippen molar-refractivity contribution in [1.82, 2.24) is 0 Å². The van der Waals surface area contributed by atoms with Crippen molar-refractivity contribution in [2.45, 2.75) is 0 Å². The fourth-order valence-corrected chi connectivity index (χ4v) is 1.76. The van der Waals surface area contributed by atoms with Gasteiger partial charge in [0.25, 0.3) is 0 Å². The normalized spacial score (nSPS) is 20.4. The van der Waals surface area contributed by atoms with Crippen molar-refractivity contribution in [2.75, 3.05) is 5.75 Å². The van der Waals surface area contributed by atoms with Crippen molar-refractivity contribution in [1.29, 1.82) is 0 Å². The minimum Gasteiger partial charge on any atom is -0.390 e. The van der Waals surface area contributed by atoms with Crippen LogP contribution in [-0.2, 0) is 0 Å². The molecule has 1 aliphatic heterocycles. The molecule has 1 heterocycles. The van der Waals surface area contributed by atoms with Gasteiger partial charge in [0.1, 0.15) is 0 Å². The third kappa shape index (κ3) is 1.39. The molecule has 0 unspecified atom stereocenters. The molecule has 0 fully saturated rings. The zero-order chi connectivity index (χ0) is 5.82. The molecule has 0 spiro atoms. The summed E-state index contributed by atoms with van der Waals surface area (Å²) in [5.74, 6) is 0.808. The molecule has 1 N–H and O–H groups in total. The van der Waals surface area contributed by atoms with E-state index in [0.717, 1.165) is 5.75 Å². The van der Waals surface area contributed by atoms with E-state index in [9.17, 15) is 0 Å². The van der Waals surface area contributed by atoms with Crippen molar-refractivity contribution in [3.8, 4) is 0 Å². The second-order valence-electron chi connectivity index (χ2n) is 1.56. The first-order valence-electron chi connectivity index (χ1n) is 2.50. The average molecular weight is 129 g/mol. The van der Waals surface area contributed by atoms with Crippen molar-refractivity contribution in [3.05, 3.63) is 29.6 Å². The molecule has 0 bridgehead atoms. The van der Waals surface area contributed by atoms with Gasteiger partial charge in [-0.15, -0.1) is 0 Å².